The van der Waals surface area contributed by atoms with Crippen molar-refractivity contribution >= 4 is 45.7 Å². The van der Waals surface area contributed by atoms with Gasteiger partial charge in [-0.3, -0.25) is 14.4 Å². The summed E-state index contributed by atoms with van der Waals surface area (Å²) < 4.78 is 0. The van der Waals surface area contributed by atoms with Crippen LogP contribution in [0.3, 0.4) is 0 Å². The first-order chi connectivity index (χ1) is 21.3. The normalized spacial score (nSPS) is 25.7. The predicted octanol–water partition coefficient (Wildman–Crippen LogP) is 7.26. The maximum absolute atomic E-state index is 13.7. The number of hydrogen-bond acceptors (Lipinski definition) is 6. The average molecular weight is 637 g/mol. The molecule has 236 valence electrons. The fourth-order valence-electron chi connectivity index (χ4n) is 7.16. The number of nitrogens with zero attached hydrogens (tertiary/aromatic N) is 1. The quantitative estimate of drug-likeness (QED) is 0.213. The van der Waals surface area contributed by atoms with Crippen molar-refractivity contribution < 1.29 is 14.4 Å². The molecule has 0 bridgehead atoms. The summed E-state index contributed by atoms with van der Waals surface area (Å²) in [7, 11) is 0. The summed E-state index contributed by atoms with van der Waals surface area (Å²) >= 11 is 7.88. The zero-order valence-corrected chi connectivity index (χ0v) is 27.3. The SMILES string of the molecule is CC(C)C[C@H](NC(=O)C1CCCC1C(=O)c1ccc(CNc2nccs2)cc1)C(=O)NC1CCCC[C@H]1C1C=C(Cl)C=CC1. The van der Waals surface area contributed by atoms with Gasteiger partial charge in [0.15, 0.2) is 10.9 Å². The van der Waals surface area contributed by atoms with Crippen molar-refractivity contribution in [3.05, 3.63) is 70.2 Å². The van der Waals surface area contributed by atoms with Crippen molar-refractivity contribution in [2.24, 2.45) is 29.6 Å². The summed E-state index contributed by atoms with van der Waals surface area (Å²) in [4.78, 5) is 45.2. The predicted molar refractivity (Wildman–Crippen MR) is 178 cm³/mol. The van der Waals surface area contributed by atoms with E-state index in [2.05, 4.69) is 46.9 Å². The lowest BCUT2D eigenvalue weighted by Gasteiger charge is -2.38. The Morgan fingerprint density at radius 1 is 1.02 bits per heavy atom. The highest BCUT2D eigenvalue weighted by atomic mass is 35.5. The monoisotopic (exact) mass is 636 g/mol. The summed E-state index contributed by atoms with van der Waals surface area (Å²) in [6.07, 6.45) is 15.8. The first-order valence-electron chi connectivity index (χ1n) is 16.2. The number of rotatable bonds is 12. The Labute approximate surface area is 270 Å². The third kappa shape index (κ3) is 8.39. The molecule has 7 nitrogen and oxygen atoms in total. The Balaban J connectivity index is 1.21. The number of hydrogen-bond donors (Lipinski definition) is 3. The third-order valence-electron chi connectivity index (χ3n) is 9.40. The molecule has 2 amide bonds. The molecule has 2 fully saturated rings. The van der Waals surface area contributed by atoms with Crippen LogP contribution >= 0.6 is 22.9 Å². The molecule has 2 saturated carbocycles. The second-order valence-electron chi connectivity index (χ2n) is 13.0. The summed E-state index contributed by atoms with van der Waals surface area (Å²) in [5.41, 5.74) is 1.68. The van der Waals surface area contributed by atoms with Gasteiger partial charge in [0.05, 0.1) is 0 Å². The van der Waals surface area contributed by atoms with Gasteiger partial charge in [-0.15, -0.1) is 11.3 Å². The van der Waals surface area contributed by atoms with Gasteiger partial charge in [0.1, 0.15) is 6.04 Å². The van der Waals surface area contributed by atoms with E-state index in [-0.39, 0.29) is 35.5 Å². The Bertz CT molecular complexity index is 1340. The van der Waals surface area contributed by atoms with Crippen LogP contribution in [-0.4, -0.2) is 34.7 Å². The van der Waals surface area contributed by atoms with Gasteiger partial charge in [-0.1, -0.05) is 81.1 Å². The number of anilines is 1. The number of aromatic nitrogens is 1. The topological polar surface area (TPSA) is 100 Å². The molecular formula is C35H45ClN4O3S. The molecule has 3 N–H and O–H groups in total. The highest BCUT2D eigenvalue weighted by Gasteiger charge is 2.40. The van der Waals surface area contributed by atoms with Gasteiger partial charge >= 0.3 is 0 Å². The molecule has 3 aliphatic rings. The van der Waals surface area contributed by atoms with E-state index >= 15 is 0 Å². The Hall–Kier alpha value is -2.97. The maximum atomic E-state index is 13.7. The third-order valence-corrected chi connectivity index (χ3v) is 10.4. The van der Waals surface area contributed by atoms with E-state index in [9.17, 15) is 14.4 Å². The molecule has 44 heavy (non-hydrogen) atoms. The number of carbonyl (C=O) groups is 3. The van der Waals surface area contributed by atoms with Crippen LogP contribution in [0.1, 0.15) is 87.6 Å². The number of carbonyl (C=O) groups excluding carboxylic acids is 3. The van der Waals surface area contributed by atoms with Gasteiger partial charge in [-0.05, 0) is 67.9 Å². The van der Waals surface area contributed by atoms with Crippen LogP contribution < -0.4 is 16.0 Å². The largest absolute Gasteiger partial charge is 0.357 e. The van der Waals surface area contributed by atoms with Crippen LogP contribution in [0, 0.1) is 29.6 Å². The van der Waals surface area contributed by atoms with Gasteiger partial charge in [-0.2, -0.15) is 0 Å². The molecule has 4 unspecified atom stereocenters. The molecule has 0 spiro atoms. The fraction of sp³-hybridized carbons (Fsp3) is 0.543. The standard InChI is InChI=1S/C35H45ClN4O3S/c1-22(2)19-31(34(43)39-30-12-4-3-9-27(30)25-7-5-8-26(36)20-25)40-33(42)29-11-6-10-28(29)32(41)24-15-13-23(14-16-24)21-38-35-37-17-18-44-35/h5,8,13-18,20,22,25,27-31H,3-4,6-7,9-12,19,21H2,1-2H3,(H,37,38)(H,39,43)(H,40,42)/t25?,27-,28?,29?,30?,31-/m0/s1. The minimum absolute atomic E-state index is 0.00485. The maximum Gasteiger partial charge on any atom is 0.242 e. The first-order valence-corrected chi connectivity index (χ1v) is 17.5. The van der Waals surface area contributed by atoms with Gasteiger partial charge < -0.3 is 16.0 Å². The second-order valence-corrected chi connectivity index (χ2v) is 14.3. The van der Waals surface area contributed by atoms with Crippen LogP contribution in [0.2, 0.25) is 0 Å². The molecule has 1 aromatic carbocycles. The molecule has 3 aliphatic carbocycles. The van der Waals surface area contributed by atoms with Gasteiger partial charge in [0.25, 0.3) is 0 Å². The zero-order chi connectivity index (χ0) is 31.1. The van der Waals surface area contributed by atoms with E-state index in [1.807, 2.05) is 35.7 Å². The van der Waals surface area contributed by atoms with E-state index < -0.39 is 12.0 Å². The molecular weight excluding hydrogens is 592 g/mol. The summed E-state index contributed by atoms with van der Waals surface area (Å²) in [5, 5.41) is 13.3. The Morgan fingerprint density at radius 2 is 1.80 bits per heavy atom. The number of halogens is 1. The summed E-state index contributed by atoms with van der Waals surface area (Å²) in [5.74, 6) is -0.242. The van der Waals surface area contributed by atoms with Crippen molar-refractivity contribution in [1.82, 2.24) is 15.6 Å². The summed E-state index contributed by atoms with van der Waals surface area (Å²) in [6, 6.07) is 7.04. The minimum Gasteiger partial charge on any atom is -0.357 e. The summed E-state index contributed by atoms with van der Waals surface area (Å²) in [6.45, 7) is 4.75. The number of allylic oxidation sites excluding steroid dienone is 4. The van der Waals surface area contributed by atoms with E-state index in [4.69, 9.17) is 11.6 Å². The van der Waals surface area contributed by atoms with Crippen LogP contribution in [0.25, 0.3) is 0 Å². The van der Waals surface area contributed by atoms with Crippen molar-refractivity contribution in [1.29, 1.82) is 0 Å². The van der Waals surface area contributed by atoms with Crippen molar-refractivity contribution in [2.75, 3.05) is 5.32 Å². The van der Waals surface area contributed by atoms with Crippen LogP contribution in [-0.2, 0) is 16.1 Å². The van der Waals surface area contributed by atoms with Gasteiger partial charge in [0, 0.05) is 46.6 Å². The molecule has 1 aromatic heterocycles. The number of ketones is 1. The molecule has 9 heteroatoms. The zero-order valence-electron chi connectivity index (χ0n) is 25.8. The van der Waals surface area contributed by atoms with Gasteiger partial charge in [-0.25, -0.2) is 4.98 Å². The lowest BCUT2D eigenvalue weighted by molar-refractivity contribution is -0.132. The molecule has 0 radical (unpaired) electrons. The number of benzene rings is 1. The number of thiazole rings is 1. The molecule has 1 heterocycles. The van der Waals surface area contributed by atoms with Crippen molar-refractivity contribution in [3.8, 4) is 0 Å². The number of nitrogens with one attached hydrogen (secondary N) is 3. The highest BCUT2D eigenvalue weighted by Crippen LogP contribution is 2.37. The van der Waals surface area contributed by atoms with Crippen LogP contribution in [0.4, 0.5) is 5.13 Å². The lowest BCUT2D eigenvalue weighted by Crippen LogP contribution is -2.54. The Morgan fingerprint density at radius 3 is 2.52 bits per heavy atom. The Kier molecular flexibility index (Phi) is 11.3. The van der Waals surface area contributed by atoms with E-state index in [0.29, 0.717) is 43.2 Å². The molecule has 2 aromatic rings. The fourth-order valence-corrected chi connectivity index (χ4v) is 7.94. The first kappa shape index (κ1) is 32.4. The molecule has 0 aliphatic heterocycles. The lowest BCUT2D eigenvalue weighted by atomic mass is 9.74. The van der Waals surface area contributed by atoms with E-state index in [1.54, 1.807) is 17.5 Å². The number of amides is 2. The molecule has 0 saturated heterocycles. The van der Waals surface area contributed by atoms with Crippen molar-refractivity contribution in [2.45, 2.75) is 90.3 Å². The van der Waals surface area contributed by atoms with Crippen LogP contribution in [0.5, 0.6) is 0 Å². The smallest absolute Gasteiger partial charge is 0.242 e. The van der Waals surface area contributed by atoms with E-state index in [0.717, 1.165) is 54.3 Å². The van der Waals surface area contributed by atoms with Gasteiger partial charge in [0.2, 0.25) is 11.8 Å². The molecule has 6 atom stereocenters. The van der Waals surface area contributed by atoms with Crippen LogP contribution in [0.15, 0.2) is 59.1 Å². The average Bonchev–Trinajstić information content (AvgIpc) is 3.73. The minimum atomic E-state index is -0.628. The number of Topliss-reactive ketones (excluding diaryl/α,β-unsaturated/α-hetero) is 1. The second kappa shape index (κ2) is 15.3. The van der Waals surface area contributed by atoms with E-state index in [1.165, 1.54) is 0 Å². The van der Waals surface area contributed by atoms with Crippen molar-refractivity contribution in [3.63, 3.8) is 0 Å². The molecule has 5 rings (SSSR count). The highest BCUT2D eigenvalue weighted by molar-refractivity contribution is 7.13.